The summed E-state index contributed by atoms with van der Waals surface area (Å²) in [7, 11) is 0. The second kappa shape index (κ2) is 4.84. The number of ketones is 1. The van der Waals surface area contributed by atoms with Crippen molar-refractivity contribution in [3.8, 4) is 0 Å². The third-order valence-electron chi connectivity index (χ3n) is 2.71. The maximum atomic E-state index is 12.0. The van der Waals surface area contributed by atoms with Gasteiger partial charge < -0.3 is 9.47 Å². The molecule has 1 fully saturated rings. The molecule has 19 heavy (non-hydrogen) atoms. The Balaban J connectivity index is 2.11. The van der Waals surface area contributed by atoms with Crippen LogP contribution in [0.2, 0.25) is 0 Å². The van der Waals surface area contributed by atoms with E-state index in [4.69, 9.17) is 9.47 Å². The van der Waals surface area contributed by atoms with E-state index in [1.807, 2.05) is 6.07 Å². The van der Waals surface area contributed by atoms with E-state index in [1.54, 1.807) is 24.3 Å². The fourth-order valence-corrected chi connectivity index (χ4v) is 1.88. The standard InChI is InChI=1S/C14H14O5/c1-14(2)18-12(16)11(13(17)19-14)10(15)8-9-6-4-3-5-7-9/h3-7,11H,8H2,1-2H3. The van der Waals surface area contributed by atoms with E-state index in [9.17, 15) is 14.4 Å². The van der Waals surface area contributed by atoms with E-state index < -0.39 is 29.4 Å². The van der Waals surface area contributed by atoms with E-state index in [-0.39, 0.29) is 6.42 Å². The summed E-state index contributed by atoms with van der Waals surface area (Å²) >= 11 is 0. The van der Waals surface area contributed by atoms with Crippen LogP contribution < -0.4 is 0 Å². The average molecular weight is 262 g/mol. The van der Waals surface area contributed by atoms with Crippen molar-refractivity contribution in [1.29, 1.82) is 0 Å². The highest BCUT2D eigenvalue weighted by atomic mass is 16.7. The number of ether oxygens (including phenoxy) is 2. The van der Waals surface area contributed by atoms with Gasteiger partial charge in [0.25, 0.3) is 5.79 Å². The fourth-order valence-electron chi connectivity index (χ4n) is 1.88. The molecule has 1 aliphatic heterocycles. The molecule has 0 N–H and O–H groups in total. The summed E-state index contributed by atoms with van der Waals surface area (Å²) in [6.45, 7) is 2.89. The first-order chi connectivity index (χ1) is 8.89. The van der Waals surface area contributed by atoms with E-state index in [2.05, 4.69) is 0 Å². The summed E-state index contributed by atoms with van der Waals surface area (Å²) in [6.07, 6.45) is -0.00383. The lowest BCUT2D eigenvalue weighted by atomic mass is 9.97. The highest BCUT2D eigenvalue weighted by Gasteiger charge is 2.46. The summed E-state index contributed by atoms with van der Waals surface area (Å²) in [4.78, 5) is 35.4. The number of carbonyl (C=O) groups excluding carboxylic acids is 3. The molecule has 0 radical (unpaired) electrons. The Morgan fingerprint density at radius 2 is 1.63 bits per heavy atom. The fraction of sp³-hybridized carbons (Fsp3) is 0.357. The smallest absolute Gasteiger partial charge is 0.331 e. The highest BCUT2D eigenvalue weighted by molar-refractivity contribution is 6.16. The largest absolute Gasteiger partial charge is 0.422 e. The van der Waals surface area contributed by atoms with Crippen LogP contribution in [0.25, 0.3) is 0 Å². The summed E-state index contributed by atoms with van der Waals surface area (Å²) in [5, 5.41) is 0. The third-order valence-corrected chi connectivity index (χ3v) is 2.71. The van der Waals surface area contributed by atoms with Crippen LogP contribution in [0.4, 0.5) is 0 Å². The maximum Gasteiger partial charge on any atom is 0.331 e. The number of benzene rings is 1. The third kappa shape index (κ3) is 2.99. The van der Waals surface area contributed by atoms with Gasteiger partial charge in [0.15, 0.2) is 5.78 Å². The predicted molar refractivity (Wildman–Crippen MR) is 64.9 cm³/mol. The minimum absolute atomic E-state index is 0.00383. The zero-order chi connectivity index (χ0) is 14.0. The van der Waals surface area contributed by atoms with Crippen LogP contribution in [0, 0.1) is 5.92 Å². The molecule has 1 heterocycles. The van der Waals surface area contributed by atoms with Gasteiger partial charge in [-0.15, -0.1) is 0 Å². The first-order valence-corrected chi connectivity index (χ1v) is 5.91. The van der Waals surface area contributed by atoms with Crippen molar-refractivity contribution in [3.63, 3.8) is 0 Å². The van der Waals surface area contributed by atoms with Crippen molar-refractivity contribution in [2.45, 2.75) is 26.1 Å². The summed E-state index contributed by atoms with van der Waals surface area (Å²) < 4.78 is 9.83. The molecule has 100 valence electrons. The minimum Gasteiger partial charge on any atom is -0.422 e. The van der Waals surface area contributed by atoms with Crippen LogP contribution in [0.3, 0.4) is 0 Å². The molecule has 1 aromatic rings. The van der Waals surface area contributed by atoms with E-state index in [1.165, 1.54) is 13.8 Å². The molecule has 0 unspecified atom stereocenters. The molecule has 1 aromatic carbocycles. The molecule has 1 aliphatic rings. The number of carbonyl (C=O) groups is 3. The Kier molecular flexibility index (Phi) is 3.38. The predicted octanol–water partition coefficient (Wildman–Crippen LogP) is 1.25. The molecule has 1 saturated heterocycles. The van der Waals surface area contributed by atoms with Crippen LogP contribution in [0.5, 0.6) is 0 Å². The van der Waals surface area contributed by atoms with Crippen molar-refractivity contribution in [3.05, 3.63) is 35.9 Å². The first-order valence-electron chi connectivity index (χ1n) is 5.91. The van der Waals surface area contributed by atoms with Gasteiger partial charge in [0.1, 0.15) is 0 Å². The lowest BCUT2D eigenvalue weighted by Gasteiger charge is -2.32. The Morgan fingerprint density at radius 1 is 1.11 bits per heavy atom. The van der Waals surface area contributed by atoms with Gasteiger partial charge in [-0.3, -0.25) is 14.4 Å². The Hall–Kier alpha value is -2.17. The molecule has 0 atom stereocenters. The Morgan fingerprint density at radius 3 is 2.16 bits per heavy atom. The van der Waals surface area contributed by atoms with Gasteiger partial charge in [-0.25, -0.2) is 0 Å². The Labute approximate surface area is 110 Å². The van der Waals surface area contributed by atoms with Crippen LogP contribution in [-0.4, -0.2) is 23.5 Å². The van der Waals surface area contributed by atoms with Crippen LogP contribution in [0.1, 0.15) is 19.4 Å². The Bertz CT molecular complexity index is 498. The number of hydrogen-bond acceptors (Lipinski definition) is 5. The lowest BCUT2D eigenvalue weighted by Crippen LogP contribution is -2.49. The van der Waals surface area contributed by atoms with Gasteiger partial charge >= 0.3 is 11.9 Å². The van der Waals surface area contributed by atoms with Gasteiger partial charge in [-0.1, -0.05) is 30.3 Å². The molecular weight excluding hydrogens is 248 g/mol. The normalized spacial score (nSPS) is 18.6. The quantitative estimate of drug-likeness (QED) is 0.605. The van der Waals surface area contributed by atoms with Gasteiger partial charge in [-0.05, 0) is 5.56 Å². The van der Waals surface area contributed by atoms with Crippen molar-refractivity contribution in [2.24, 2.45) is 5.92 Å². The first kappa shape index (κ1) is 13.3. The molecule has 0 spiro atoms. The molecule has 0 bridgehead atoms. The molecule has 0 aromatic heterocycles. The van der Waals surface area contributed by atoms with E-state index in [0.717, 1.165) is 5.56 Å². The number of cyclic esters (lactones) is 2. The summed E-state index contributed by atoms with van der Waals surface area (Å²) in [6, 6.07) is 8.88. The number of hydrogen-bond donors (Lipinski definition) is 0. The molecule has 2 rings (SSSR count). The van der Waals surface area contributed by atoms with Crippen molar-refractivity contribution in [1.82, 2.24) is 0 Å². The zero-order valence-electron chi connectivity index (χ0n) is 10.7. The van der Waals surface area contributed by atoms with Gasteiger partial charge in [-0.2, -0.15) is 0 Å². The molecule has 5 nitrogen and oxygen atoms in total. The molecule has 5 heteroatoms. The summed E-state index contributed by atoms with van der Waals surface area (Å²) in [5.74, 6) is -4.99. The van der Waals surface area contributed by atoms with Crippen LogP contribution >= 0.6 is 0 Å². The molecule has 0 saturated carbocycles. The maximum absolute atomic E-state index is 12.0. The molecular formula is C14H14O5. The van der Waals surface area contributed by atoms with Crippen LogP contribution in [-0.2, 0) is 30.3 Å². The average Bonchev–Trinajstić information content (AvgIpc) is 2.27. The second-order valence-electron chi connectivity index (χ2n) is 4.80. The number of Topliss-reactive ketones (excluding diaryl/α,β-unsaturated/α-hetero) is 1. The van der Waals surface area contributed by atoms with Gasteiger partial charge in [0.2, 0.25) is 5.92 Å². The van der Waals surface area contributed by atoms with Crippen molar-refractivity contribution >= 4 is 17.7 Å². The van der Waals surface area contributed by atoms with Gasteiger partial charge in [0, 0.05) is 20.3 Å². The number of esters is 2. The topological polar surface area (TPSA) is 69.7 Å². The number of rotatable bonds is 3. The van der Waals surface area contributed by atoms with Gasteiger partial charge in [0.05, 0.1) is 0 Å². The molecule has 0 aliphatic carbocycles. The monoisotopic (exact) mass is 262 g/mol. The molecule has 0 amide bonds. The van der Waals surface area contributed by atoms with E-state index >= 15 is 0 Å². The zero-order valence-corrected chi connectivity index (χ0v) is 10.7. The van der Waals surface area contributed by atoms with Crippen molar-refractivity contribution < 1.29 is 23.9 Å². The van der Waals surface area contributed by atoms with Crippen LogP contribution in [0.15, 0.2) is 30.3 Å². The lowest BCUT2D eigenvalue weighted by molar-refractivity contribution is -0.238. The SMILES string of the molecule is CC1(C)OC(=O)C(C(=O)Cc2ccccc2)C(=O)O1. The minimum atomic E-state index is -1.48. The highest BCUT2D eigenvalue weighted by Crippen LogP contribution is 2.24. The van der Waals surface area contributed by atoms with E-state index in [0.29, 0.717) is 0 Å². The second-order valence-corrected chi connectivity index (χ2v) is 4.80. The summed E-state index contributed by atoms with van der Waals surface area (Å²) in [5.41, 5.74) is 0.734. The van der Waals surface area contributed by atoms with Crippen molar-refractivity contribution in [2.75, 3.05) is 0 Å².